The second-order valence-electron chi connectivity index (χ2n) is 8.94. The molecule has 1 aliphatic rings. The summed E-state index contributed by atoms with van der Waals surface area (Å²) in [4.78, 5) is 40.3. The lowest BCUT2D eigenvalue weighted by molar-refractivity contribution is -0.220. The number of amides is 2. The third kappa shape index (κ3) is 9.01. The molecule has 1 saturated heterocycles. The van der Waals surface area contributed by atoms with Gasteiger partial charge in [-0.1, -0.05) is 27.2 Å². The van der Waals surface area contributed by atoms with Crippen molar-refractivity contribution in [2.45, 2.75) is 91.4 Å². The van der Waals surface area contributed by atoms with Gasteiger partial charge in [0.15, 0.2) is 6.23 Å². The van der Waals surface area contributed by atoms with Crippen molar-refractivity contribution in [3.63, 3.8) is 0 Å². The van der Waals surface area contributed by atoms with Crippen LogP contribution in [0.4, 0.5) is 0 Å². The van der Waals surface area contributed by atoms with E-state index >= 15 is 0 Å². The smallest absolute Gasteiger partial charge is 0.332 e. The number of hydrogen-bond acceptors (Lipinski definition) is 6. The Kier molecular flexibility index (Phi) is 9.36. The minimum atomic E-state index is -1.04. The van der Waals surface area contributed by atoms with E-state index < -0.39 is 17.8 Å². The molecule has 0 aliphatic carbocycles. The predicted octanol–water partition coefficient (Wildman–Crippen LogP) is 2.29. The third-order valence-electron chi connectivity index (χ3n) is 4.54. The highest BCUT2D eigenvalue weighted by Gasteiger charge is 2.32. The van der Waals surface area contributed by atoms with Crippen LogP contribution in [0.25, 0.3) is 0 Å². The molecular weight excluding hydrogens is 364 g/mol. The molecule has 0 aromatic carbocycles. The first-order valence-electron chi connectivity index (χ1n) is 10.1. The number of hydroxylamine groups is 2. The molecule has 0 aromatic heterocycles. The summed E-state index contributed by atoms with van der Waals surface area (Å²) >= 11 is 0. The van der Waals surface area contributed by atoms with Crippen LogP contribution < -0.4 is 5.32 Å². The van der Waals surface area contributed by atoms with Crippen LogP contribution in [0.3, 0.4) is 0 Å². The van der Waals surface area contributed by atoms with E-state index in [4.69, 9.17) is 9.57 Å². The highest BCUT2D eigenvalue weighted by Crippen LogP contribution is 2.20. The number of nitrogens with zero attached hydrogens (tertiary/aromatic N) is 1. The van der Waals surface area contributed by atoms with Crippen LogP contribution >= 0.6 is 0 Å². The van der Waals surface area contributed by atoms with Crippen LogP contribution in [0, 0.1) is 5.41 Å². The van der Waals surface area contributed by atoms with E-state index in [9.17, 15) is 19.5 Å². The highest BCUT2D eigenvalue weighted by molar-refractivity contribution is 5.84. The van der Waals surface area contributed by atoms with Crippen LogP contribution in [0.15, 0.2) is 0 Å². The van der Waals surface area contributed by atoms with Gasteiger partial charge < -0.3 is 20.0 Å². The molecule has 1 heterocycles. The van der Waals surface area contributed by atoms with Crippen LogP contribution in [0.2, 0.25) is 0 Å². The zero-order valence-corrected chi connectivity index (χ0v) is 17.9. The minimum Gasteiger partial charge on any atom is -0.370 e. The molecule has 0 radical (unpaired) electrons. The Bertz CT molecular complexity index is 541. The maximum absolute atomic E-state index is 12.2. The van der Waals surface area contributed by atoms with Crippen molar-refractivity contribution in [1.29, 1.82) is 0 Å². The average molecular weight is 401 g/mol. The molecule has 1 unspecified atom stereocenters. The van der Waals surface area contributed by atoms with Crippen LogP contribution in [-0.4, -0.2) is 52.9 Å². The molecule has 1 atom stereocenters. The molecule has 0 saturated carbocycles. The lowest BCUT2D eigenvalue weighted by Crippen LogP contribution is -2.45. The van der Waals surface area contributed by atoms with E-state index in [1.54, 1.807) is 13.8 Å². The molecule has 8 nitrogen and oxygen atoms in total. The summed E-state index contributed by atoms with van der Waals surface area (Å²) in [7, 11) is 0. The normalized spacial score (nSPS) is 17.7. The van der Waals surface area contributed by atoms with Crippen molar-refractivity contribution in [2.24, 2.45) is 5.41 Å². The van der Waals surface area contributed by atoms with E-state index in [1.165, 1.54) is 0 Å². The number of hydrogen-bond donors (Lipinski definition) is 2. The van der Waals surface area contributed by atoms with Gasteiger partial charge in [-0.05, 0) is 38.5 Å². The molecular formula is C20H36N2O6. The van der Waals surface area contributed by atoms with Gasteiger partial charge in [0.25, 0.3) is 11.8 Å². The zero-order chi connectivity index (χ0) is 21.4. The van der Waals surface area contributed by atoms with E-state index in [1.807, 2.05) is 0 Å². The monoisotopic (exact) mass is 400 g/mol. The molecule has 1 fully saturated rings. The van der Waals surface area contributed by atoms with Gasteiger partial charge >= 0.3 is 5.97 Å². The van der Waals surface area contributed by atoms with Crippen molar-refractivity contribution in [1.82, 2.24) is 10.4 Å². The van der Waals surface area contributed by atoms with Crippen molar-refractivity contribution in [3.8, 4) is 0 Å². The molecule has 2 N–H and O–H groups in total. The summed E-state index contributed by atoms with van der Waals surface area (Å²) in [5.74, 6) is -1.06. The van der Waals surface area contributed by atoms with Gasteiger partial charge in [-0.25, -0.2) is 4.79 Å². The molecule has 162 valence electrons. The Morgan fingerprint density at radius 3 is 2.43 bits per heavy atom. The number of nitrogens with one attached hydrogen (secondary N) is 1. The molecule has 0 aromatic rings. The number of aliphatic hydroxyl groups excluding tert-OH is 1. The standard InChI is InChI=1S/C20H36N2O6/c1-19(2,3)12-14-27-20(4,5)18(26)21-13-8-6-7-9-17(25)28-22-15(23)10-11-16(22)24/h15,23H,6-14H2,1-5H3,(H,21,26). The Balaban J connectivity index is 2.13. The summed E-state index contributed by atoms with van der Waals surface area (Å²) in [6, 6.07) is 0. The number of carbonyl (C=O) groups is 3. The number of rotatable bonds is 11. The fourth-order valence-electron chi connectivity index (χ4n) is 2.58. The highest BCUT2D eigenvalue weighted by atomic mass is 16.7. The van der Waals surface area contributed by atoms with Crippen molar-refractivity contribution >= 4 is 17.8 Å². The van der Waals surface area contributed by atoms with Gasteiger partial charge in [0.05, 0.1) is 0 Å². The molecule has 1 rings (SSSR count). The largest absolute Gasteiger partial charge is 0.370 e. The van der Waals surface area contributed by atoms with Crippen LogP contribution in [0.5, 0.6) is 0 Å². The topological polar surface area (TPSA) is 105 Å². The van der Waals surface area contributed by atoms with Crippen molar-refractivity contribution < 1.29 is 29.1 Å². The quantitative estimate of drug-likeness (QED) is 0.516. The third-order valence-corrected chi connectivity index (χ3v) is 4.54. The van der Waals surface area contributed by atoms with E-state index in [2.05, 4.69) is 26.1 Å². The number of unbranched alkanes of at least 4 members (excludes halogenated alkanes) is 2. The predicted molar refractivity (Wildman–Crippen MR) is 104 cm³/mol. The van der Waals surface area contributed by atoms with Gasteiger partial charge in [0, 0.05) is 32.4 Å². The average Bonchev–Trinajstić information content (AvgIpc) is 2.88. The summed E-state index contributed by atoms with van der Waals surface area (Å²) in [5.41, 5.74) is -0.716. The molecule has 2 amide bonds. The first kappa shape index (κ1) is 24.4. The Hall–Kier alpha value is -1.67. The van der Waals surface area contributed by atoms with E-state index in [0.29, 0.717) is 19.6 Å². The summed E-state index contributed by atoms with van der Waals surface area (Å²) < 4.78 is 5.73. The summed E-state index contributed by atoms with van der Waals surface area (Å²) in [6.45, 7) is 10.9. The Morgan fingerprint density at radius 2 is 1.86 bits per heavy atom. The van der Waals surface area contributed by atoms with Crippen molar-refractivity contribution in [2.75, 3.05) is 13.2 Å². The van der Waals surface area contributed by atoms with Gasteiger partial charge in [-0.2, -0.15) is 0 Å². The first-order valence-corrected chi connectivity index (χ1v) is 10.1. The second-order valence-corrected chi connectivity index (χ2v) is 8.94. The number of aliphatic hydroxyl groups is 1. The summed E-state index contributed by atoms with van der Waals surface area (Å²) in [6.07, 6.45) is 2.50. The first-order chi connectivity index (χ1) is 12.9. The number of carbonyl (C=O) groups excluding carboxylic acids is 3. The van der Waals surface area contributed by atoms with E-state index in [0.717, 1.165) is 24.3 Å². The SMILES string of the molecule is CC(C)(C)CCOC(C)(C)C(=O)NCCCCCC(=O)ON1C(=O)CCC1O. The maximum atomic E-state index is 12.2. The van der Waals surface area contributed by atoms with Gasteiger partial charge in [-0.15, -0.1) is 5.06 Å². The van der Waals surface area contributed by atoms with Gasteiger partial charge in [0.2, 0.25) is 0 Å². The lowest BCUT2D eigenvalue weighted by atomic mass is 9.93. The Morgan fingerprint density at radius 1 is 1.18 bits per heavy atom. The Labute approximate surface area is 167 Å². The lowest BCUT2D eigenvalue weighted by Gasteiger charge is -2.26. The zero-order valence-electron chi connectivity index (χ0n) is 17.9. The molecule has 1 aliphatic heterocycles. The molecule has 0 spiro atoms. The minimum absolute atomic E-state index is 0.151. The molecule has 8 heteroatoms. The maximum Gasteiger partial charge on any atom is 0.332 e. The van der Waals surface area contributed by atoms with Crippen LogP contribution in [-0.2, 0) is 24.0 Å². The second kappa shape index (κ2) is 10.8. The van der Waals surface area contributed by atoms with Crippen molar-refractivity contribution in [3.05, 3.63) is 0 Å². The number of ether oxygens (including phenoxy) is 1. The summed E-state index contributed by atoms with van der Waals surface area (Å²) in [5, 5.41) is 13.2. The molecule has 28 heavy (non-hydrogen) atoms. The van der Waals surface area contributed by atoms with Crippen LogP contribution in [0.1, 0.15) is 79.6 Å². The van der Waals surface area contributed by atoms with Gasteiger partial charge in [0.1, 0.15) is 5.60 Å². The van der Waals surface area contributed by atoms with E-state index in [-0.39, 0.29) is 36.5 Å². The fraction of sp³-hybridized carbons (Fsp3) is 0.850. The van der Waals surface area contributed by atoms with Gasteiger partial charge in [-0.3, -0.25) is 9.59 Å². The molecule has 0 bridgehead atoms. The fourth-order valence-corrected chi connectivity index (χ4v) is 2.58.